The second-order valence-electron chi connectivity index (χ2n) is 6.87. The number of aromatic nitrogens is 1. The lowest BCUT2D eigenvalue weighted by atomic mass is 9.86. The van der Waals surface area contributed by atoms with Crippen molar-refractivity contribution in [1.29, 1.82) is 5.26 Å². The Bertz CT molecular complexity index is 1040. The van der Waals surface area contributed by atoms with Gasteiger partial charge in [-0.2, -0.15) is 5.26 Å². The molecule has 126 valence electrons. The molecule has 0 saturated heterocycles. The molecular weight excluding hydrogens is 320 g/mol. The van der Waals surface area contributed by atoms with E-state index in [0.717, 1.165) is 16.2 Å². The standard InChI is InChI=1S/C18H16N4O3/c1-18(2,3)10-4-5-12(9(6-10)8-19)22-13(23)7-11-14(15(22)20)17(25)21-16(11)24/h4-7H,20H2,1-3H3,(H,21,24,25). The molecular formula is C18H16N4O3. The summed E-state index contributed by atoms with van der Waals surface area (Å²) in [5.41, 5.74) is 6.61. The molecule has 2 heterocycles. The average Bonchev–Trinajstić information content (AvgIpc) is 2.80. The van der Waals surface area contributed by atoms with E-state index in [2.05, 4.69) is 11.4 Å². The second-order valence-corrected chi connectivity index (χ2v) is 6.87. The Morgan fingerprint density at radius 1 is 1.12 bits per heavy atom. The molecule has 0 radical (unpaired) electrons. The molecule has 3 rings (SSSR count). The third-order valence-corrected chi connectivity index (χ3v) is 4.18. The number of anilines is 1. The van der Waals surface area contributed by atoms with Gasteiger partial charge in [0.25, 0.3) is 17.4 Å². The van der Waals surface area contributed by atoms with E-state index >= 15 is 0 Å². The Morgan fingerprint density at radius 3 is 2.40 bits per heavy atom. The zero-order valence-electron chi connectivity index (χ0n) is 14.0. The number of fused-ring (bicyclic) bond motifs is 1. The van der Waals surface area contributed by atoms with Crippen molar-refractivity contribution < 1.29 is 9.59 Å². The summed E-state index contributed by atoms with van der Waals surface area (Å²) >= 11 is 0. The van der Waals surface area contributed by atoms with Gasteiger partial charge >= 0.3 is 0 Å². The fourth-order valence-electron chi connectivity index (χ4n) is 2.81. The van der Waals surface area contributed by atoms with Crippen molar-refractivity contribution in [3.05, 3.63) is 56.9 Å². The van der Waals surface area contributed by atoms with Gasteiger partial charge in [-0.05, 0) is 23.1 Å². The Balaban J connectivity index is 2.31. The summed E-state index contributed by atoms with van der Waals surface area (Å²) in [7, 11) is 0. The van der Waals surface area contributed by atoms with Crippen LogP contribution in [0.4, 0.5) is 5.82 Å². The van der Waals surface area contributed by atoms with Crippen LogP contribution in [0.5, 0.6) is 0 Å². The molecule has 1 aromatic carbocycles. The van der Waals surface area contributed by atoms with Gasteiger partial charge in [0.15, 0.2) is 0 Å². The number of rotatable bonds is 1. The fourth-order valence-corrected chi connectivity index (χ4v) is 2.81. The van der Waals surface area contributed by atoms with Crippen LogP contribution in [-0.2, 0) is 5.41 Å². The first-order chi connectivity index (χ1) is 11.6. The van der Waals surface area contributed by atoms with Crippen LogP contribution in [0, 0.1) is 11.3 Å². The van der Waals surface area contributed by atoms with Crippen LogP contribution in [-0.4, -0.2) is 16.4 Å². The van der Waals surface area contributed by atoms with Gasteiger partial charge in [-0.3, -0.25) is 24.3 Å². The summed E-state index contributed by atoms with van der Waals surface area (Å²) in [6, 6.07) is 8.25. The highest BCUT2D eigenvalue weighted by molar-refractivity contribution is 6.23. The molecule has 0 spiro atoms. The van der Waals surface area contributed by atoms with Crippen LogP contribution < -0.4 is 16.6 Å². The minimum Gasteiger partial charge on any atom is -0.384 e. The molecule has 25 heavy (non-hydrogen) atoms. The molecule has 0 atom stereocenters. The quantitative estimate of drug-likeness (QED) is 0.765. The Hall–Kier alpha value is -3.40. The van der Waals surface area contributed by atoms with Gasteiger partial charge in [0.1, 0.15) is 11.9 Å². The molecule has 0 bridgehead atoms. The van der Waals surface area contributed by atoms with Crippen LogP contribution in [0.1, 0.15) is 52.6 Å². The van der Waals surface area contributed by atoms with Crippen LogP contribution in [0.25, 0.3) is 5.69 Å². The molecule has 0 saturated carbocycles. The molecule has 3 N–H and O–H groups in total. The van der Waals surface area contributed by atoms with Gasteiger partial charge in [-0.25, -0.2) is 0 Å². The fraction of sp³-hybridized carbons (Fsp3) is 0.222. The lowest BCUT2D eigenvalue weighted by Crippen LogP contribution is -2.25. The highest BCUT2D eigenvalue weighted by atomic mass is 16.2. The van der Waals surface area contributed by atoms with Crippen molar-refractivity contribution in [3.63, 3.8) is 0 Å². The number of carbonyl (C=O) groups is 2. The average molecular weight is 336 g/mol. The summed E-state index contributed by atoms with van der Waals surface area (Å²) in [6.07, 6.45) is 0. The molecule has 0 unspecified atom stereocenters. The van der Waals surface area contributed by atoms with Crippen molar-refractivity contribution >= 4 is 17.6 Å². The van der Waals surface area contributed by atoms with Gasteiger partial charge in [0.2, 0.25) is 0 Å². The summed E-state index contributed by atoms with van der Waals surface area (Å²) in [5, 5.41) is 11.6. The van der Waals surface area contributed by atoms with Gasteiger partial charge in [-0.15, -0.1) is 0 Å². The molecule has 1 aromatic heterocycles. The maximum Gasteiger partial charge on any atom is 0.262 e. The Labute approximate surface area is 143 Å². The Kier molecular flexibility index (Phi) is 3.50. The summed E-state index contributed by atoms with van der Waals surface area (Å²) in [4.78, 5) is 36.1. The number of hydrogen-bond acceptors (Lipinski definition) is 5. The molecule has 2 amide bonds. The molecule has 7 nitrogen and oxygen atoms in total. The number of nitrogens with zero attached hydrogens (tertiary/aromatic N) is 2. The molecule has 0 fully saturated rings. The van der Waals surface area contributed by atoms with Gasteiger partial charge < -0.3 is 5.73 Å². The first-order valence-corrected chi connectivity index (χ1v) is 7.61. The number of carbonyl (C=O) groups excluding carboxylic acids is 2. The minimum absolute atomic E-state index is 0.0476. The van der Waals surface area contributed by atoms with E-state index in [4.69, 9.17) is 5.73 Å². The number of hydrogen-bond donors (Lipinski definition) is 2. The number of pyridine rings is 1. The van der Waals surface area contributed by atoms with Crippen molar-refractivity contribution in [2.24, 2.45) is 0 Å². The van der Waals surface area contributed by atoms with E-state index in [1.807, 2.05) is 20.8 Å². The van der Waals surface area contributed by atoms with Crippen LogP contribution in [0.2, 0.25) is 0 Å². The maximum absolute atomic E-state index is 12.5. The number of imide groups is 1. The first-order valence-electron chi connectivity index (χ1n) is 7.61. The summed E-state index contributed by atoms with van der Waals surface area (Å²) < 4.78 is 1.09. The van der Waals surface area contributed by atoms with Crippen LogP contribution >= 0.6 is 0 Å². The number of nitrogen functional groups attached to an aromatic ring is 1. The highest BCUT2D eigenvalue weighted by Gasteiger charge is 2.32. The summed E-state index contributed by atoms with van der Waals surface area (Å²) in [6.45, 7) is 6.03. The lowest BCUT2D eigenvalue weighted by Gasteiger charge is -2.21. The predicted octanol–water partition coefficient (Wildman–Crippen LogP) is 1.47. The zero-order chi connectivity index (χ0) is 18.5. The lowest BCUT2D eigenvalue weighted by molar-refractivity contribution is 0.0880. The van der Waals surface area contributed by atoms with Gasteiger partial charge in [-0.1, -0.05) is 26.8 Å². The van der Waals surface area contributed by atoms with Crippen LogP contribution in [0.3, 0.4) is 0 Å². The number of nitriles is 1. The maximum atomic E-state index is 12.5. The largest absolute Gasteiger partial charge is 0.384 e. The van der Waals surface area contributed by atoms with E-state index in [1.165, 1.54) is 0 Å². The van der Waals surface area contributed by atoms with E-state index in [0.29, 0.717) is 0 Å². The molecule has 2 aromatic rings. The molecule has 0 aliphatic carbocycles. The SMILES string of the molecule is CC(C)(C)c1ccc(-n2c(N)c3c(cc2=O)C(=O)NC3=O)c(C#N)c1. The normalized spacial score (nSPS) is 13.4. The third kappa shape index (κ3) is 2.48. The topological polar surface area (TPSA) is 118 Å². The van der Waals surface area contributed by atoms with E-state index in [1.54, 1.807) is 18.2 Å². The first kappa shape index (κ1) is 16.5. The van der Waals surface area contributed by atoms with Gasteiger partial charge in [0.05, 0.1) is 22.4 Å². The van der Waals surface area contributed by atoms with Crippen molar-refractivity contribution in [3.8, 4) is 11.8 Å². The van der Waals surface area contributed by atoms with Gasteiger partial charge in [0, 0.05) is 6.07 Å². The summed E-state index contributed by atoms with van der Waals surface area (Å²) in [5.74, 6) is -1.47. The van der Waals surface area contributed by atoms with E-state index in [9.17, 15) is 19.6 Å². The molecule has 7 heteroatoms. The monoisotopic (exact) mass is 336 g/mol. The smallest absolute Gasteiger partial charge is 0.262 e. The number of amides is 2. The second kappa shape index (κ2) is 5.31. The van der Waals surface area contributed by atoms with E-state index in [-0.39, 0.29) is 33.6 Å². The predicted molar refractivity (Wildman–Crippen MR) is 91.7 cm³/mol. The Morgan fingerprint density at radius 2 is 1.80 bits per heavy atom. The minimum atomic E-state index is -0.656. The van der Waals surface area contributed by atoms with E-state index < -0.39 is 17.4 Å². The van der Waals surface area contributed by atoms with Crippen molar-refractivity contribution in [1.82, 2.24) is 9.88 Å². The van der Waals surface area contributed by atoms with Crippen molar-refractivity contribution in [2.75, 3.05) is 5.73 Å². The zero-order valence-corrected chi connectivity index (χ0v) is 14.0. The highest BCUT2D eigenvalue weighted by Crippen LogP contribution is 2.28. The number of benzene rings is 1. The number of nitrogens with one attached hydrogen (secondary N) is 1. The van der Waals surface area contributed by atoms with Crippen LogP contribution in [0.15, 0.2) is 29.1 Å². The van der Waals surface area contributed by atoms with Crippen molar-refractivity contribution in [2.45, 2.75) is 26.2 Å². The number of nitrogens with two attached hydrogens (primary N) is 1. The molecule has 1 aliphatic heterocycles. The molecule has 1 aliphatic rings. The third-order valence-electron chi connectivity index (χ3n) is 4.18.